The summed E-state index contributed by atoms with van der Waals surface area (Å²) >= 11 is 0. The maximum atomic E-state index is 5.42. The van der Waals surface area contributed by atoms with Crippen molar-refractivity contribution in [1.29, 1.82) is 0 Å². The van der Waals surface area contributed by atoms with Gasteiger partial charge < -0.3 is 14.5 Å². The lowest BCUT2D eigenvalue weighted by Gasteiger charge is -2.22. The van der Waals surface area contributed by atoms with Gasteiger partial charge >= 0.3 is 0 Å². The molecule has 8 aromatic rings. The van der Waals surface area contributed by atoms with E-state index < -0.39 is 0 Å². The van der Waals surface area contributed by atoms with Gasteiger partial charge in [-0.15, -0.1) is 0 Å². The van der Waals surface area contributed by atoms with Crippen molar-refractivity contribution in [2.45, 2.75) is 5.92 Å². The number of fused-ring (bicyclic) bond motifs is 7. The fourth-order valence-corrected chi connectivity index (χ4v) is 8.09. The number of allylic oxidation sites excluding steroid dienone is 2. The third kappa shape index (κ3) is 5.53. The Kier molecular flexibility index (Phi) is 7.85. The molecule has 0 saturated heterocycles. The molecule has 256 valence electrons. The van der Waals surface area contributed by atoms with E-state index in [4.69, 9.17) is 4.99 Å². The normalized spacial score (nSPS) is 18.4. The molecule has 0 amide bonds. The van der Waals surface area contributed by atoms with E-state index >= 15 is 0 Å². The van der Waals surface area contributed by atoms with Crippen molar-refractivity contribution in [3.8, 4) is 5.69 Å². The average Bonchev–Trinajstić information content (AvgIpc) is 4.07. The van der Waals surface area contributed by atoms with Crippen molar-refractivity contribution in [2.75, 3.05) is 0 Å². The van der Waals surface area contributed by atoms with Gasteiger partial charge in [-0.3, -0.25) is 0 Å². The van der Waals surface area contributed by atoms with E-state index in [-0.39, 0.29) is 5.92 Å². The number of aromatic amines is 2. The Labute approximate surface area is 314 Å². The third-order valence-electron chi connectivity index (χ3n) is 10.5. The number of aliphatic imine (C=N–C) groups is 1. The maximum absolute atomic E-state index is 5.42. The fraction of sp³-hybridized carbons (Fsp3) is 0.0200. The van der Waals surface area contributed by atoms with Crippen LogP contribution in [0.4, 0.5) is 0 Å². The highest BCUT2D eigenvalue weighted by Gasteiger charge is 2.27. The molecule has 54 heavy (non-hydrogen) atoms. The molecule has 2 aliphatic heterocycles. The van der Waals surface area contributed by atoms with Crippen LogP contribution in [-0.4, -0.2) is 20.2 Å². The smallest absolute Gasteiger partial charge is 0.0737 e. The summed E-state index contributed by atoms with van der Waals surface area (Å²) in [5.74, 6) is -0.101. The minimum Gasteiger partial charge on any atom is -0.357 e. The van der Waals surface area contributed by atoms with Gasteiger partial charge in [-0.1, -0.05) is 140 Å². The van der Waals surface area contributed by atoms with Crippen molar-refractivity contribution in [2.24, 2.45) is 4.99 Å². The molecule has 0 saturated carbocycles. The van der Waals surface area contributed by atoms with Gasteiger partial charge in [0.25, 0.3) is 0 Å². The minimum absolute atomic E-state index is 0.101. The number of hydrogen-bond donors (Lipinski definition) is 2. The SMILES string of the molecule is C1=C/C2=C(\c3ccccc3)c3ccc([nH]3)[C@@H](c3ccccc3)c3ccc(n3-c3ccccc3)/C(c3ccccc3)=c3/cc/c([nH]3)=C(\c3ccccc3)C1=N2. The van der Waals surface area contributed by atoms with Gasteiger partial charge in [-0.05, 0) is 82.9 Å². The first-order valence-electron chi connectivity index (χ1n) is 18.4. The molecule has 5 aromatic carbocycles. The molecule has 0 spiro atoms. The van der Waals surface area contributed by atoms with Gasteiger partial charge in [-0.25, -0.2) is 4.99 Å². The number of benzene rings is 5. The molecule has 5 heterocycles. The second kappa shape index (κ2) is 13.4. The topological polar surface area (TPSA) is 48.9 Å². The predicted molar refractivity (Wildman–Crippen MR) is 220 cm³/mol. The Morgan fingerprint density at radius 2 is 1.00 bits per heavy atom. The molecule has 2 N–H and O–H groups in total. The zero-order valence-corrected chi connectivity index (χ0v) is 29.5. The fourth-order valence-electron chi connectivity index (χ4n) is 8.09. The van der Waals surface area contributed by atoms with Crippen LogP contribution < -0.4 is 10.7 Å². The first kappa shape index (κ1) is 31.6. The van der Waals surface area contributed by atoms with Crippen LogP contribution in [0.15, 0.2) is 211 Å². The molecule has 4 heteroatoms. The Morgan fingerprint density at radius 1 is 0.444 bits per heavy atom. The van der Waals surface area contributed by atoms with Gasteiger partial charge in [0.05, 0.1) is 23.0 Å². The van der Waals surface area contributed by atoms with E-state index in [1.165, 1.54) is 5.56 Å². The standard InChI is InChI=1S/C50H36N4/c1-6-16-34(17-7-1)47-39-26-27-40(51-39)48(35-18-8-2-9-19-35)42-29-31-44(53-42)50(37-22-12-4-13-23-37)46-33-32-45(54(46)38-24-14-5-15-25-38)49(36-20-10-3-11-21-36)43-30-28-41(47)52-43/h1-33,49,52-53H/b47-39-,48-42-,50-44-/t49-/m1/s1. The number of hydrogen-bond acceptors (Lipinski definition) is 1. The van der Waals surface area contributed by atoms with E-state index in [0.29, 0.717) is 0 Å². The van der Waals surface area contributed by atoms with Gasteiger partial charge in [0.2, 0.25) is 0 Å². The largest absolute Gasteiger partial charge is 0.357 e. The molecule has 0 unspecified atom stereocenters. The summed E-state index contributed by atoms with van der Waals surface area (Å²) in [7, 11) is 0. The van der Waals surface area contributed by atoms with E-state index in [9.17, 15) is 0 Å². The Balaban J connectivity index is 1.38. The summed E-state index contributed by atoms with van der Waals surface area (Å²) in [6.07, 6.45) is 4.32. The Bertz CT molecular complexity index is 2830. The number of aromatic nitrogens is 3. The van der Waals surface area contributed by atoms with Crippen molar-refractivity contribution in [1.82, 2.24) is 14.5 Å². The second-order valence-corrected chi connectivity index (χ2v) is 13.7. The molecule has 4 nitrogen and oxygen atoms in total. The number of rotatable bonds is 5. The third-order valence-corrected chi connectivity index (χ3v) is 10.5. The summed E-state index contributed by atoms with van der Waals surface area (Å²) in [4.78, 5) is 13.3. The number of nitrogens with one attached hydrogen (secondary N) is 2. The molecule has 0 radical (unpaired) electrons. The van der Waals surface area contributed by atoms with Crippen LogP contribution in [0.25, 0.3) is 22.4 Å². The summed E-state index contributed by atoms with van der Waals surface area (Å²) in [6, 6.07) is 67.0. The van der Waals surface area contributed by atoms with E-state index in [2.05, 4.69) is 215 Å². The van der Waals surface area contributed by atoms with E-state index in [1.54, 1.807) is 0 Å². The van der Waals surface area contributed by atoms with Crippen LogP contribution in [0.2, 0.25) is 0 Å². The quantitative estimate of drug-likeness (QED) is 0.181. The monoisotopic (exact) mass is 692 g/mol. The van der Waals surface area contributed by atoms with Crippen molar-refractivity contribution in [3.05, 3.63) is 262 Å². The highest BCUT2D eigenvalue weighted by Crippen LogP contribution is 2.39. The molecular weight excluding hydrogens is 657 g/mol. The first-order chi connectivity index (χ1) is 26.8. The predicted octanol–water partition coefficient (Wildman–Crippen LogP) is 9.54. The Hall–Kier alpha value is -7.17. The minimum atomic E-state index is -0.101. The van der Waals surface area contributed by atoms with Crippen LogP contribution >= 0.6 is 0 Å². The highest BCUT2D eigenvalue weighted by atomic mass is 15.0. The van der Waals surface area contributed by atoms with Crippen molar-refractivity contribution < 1.29 is 0 Å². The molecule has 0 aliphatic carbocycles. The summed E-state index contributed by atoms with van der Waals surface area (Å²) in [6.45, 7) is 0. The average molecular weight is 693 g/mol. The second-order valence-electron chi connectivity index (χ2n) is 13.7. The van der Waals surface area contributed by atoms with Crippen molar-refractivity contribution in [3.63, 3.8) is 0 Å². The molecular formula is C50H36N4. The summed E-state index contributed by atoms with van der Waals surface area (Å²) < 4.78 is 2.45. The molecule has 8 bridgehead atoms. The lowest BCUT2D eigenvalue weighted by Crippen LogP contribution is -2.20. The van der Waals surface area contributed by atoms with Crippen LogP contribution in [0.1, 0.15) is 50.9 Å². The summed E-state index contributed by atoms with van der Waals surface area (Å²) in [5, 5.41) is 2.03. The first-order valence-corrected chi connectivity index (χ1v) is 18.4. The zero-order valence-electron chi connectivity index (χ0n) is 29.5. The van der Waals surface area contributed by atoms with Crippen molar-refractivity contribution >= 4 is 22.4 Å². The van der Waals surface area contributed by atoms with E-state index in [0.717, 1.165) is 84.0 Å². The van der Waals surface area contributed by atoms with Gasteiger partial charge in [0.1, 0.15) is 0 Å². The number of para-hydroxylation sites is 1. The lowest BCUT2D eigenvalue weighted by molar-refractivity contribution is 0.834. The van der Waals surface area contributed by atoms with Gasteiger partial charge in [0, 0.05) is 50.2 Å². The van der Waals surface area contributed by atoms with E-state index in [1.807, 2.05) is 0 Å². The molecule has 0 fully saturated rings. The van der Waals surface area contributed by atoms with Crippen LogP contribution in [0, 0.1) is 0 Å². The number of H-pyrrole nitrogens is 2. The maximum Gasteiger partial charge on any atom is 0.0737 e. The molecule has 2 aliphatic rings. The van der Waals surface area contributed by atoms with Crippen LogP contribution in [0.5, 0.6) is 0 Å². The zero-order chi connectivity index (χ0) is 35.8. The van der Waals surface area contributed by atoms with Crippen LogP contribution in [-0.2, 0) is 0 Å². The highest BCUT2D eigenvalue weighted by molar-refractivity contribution is 6.30. The molecule has 1 atom stereocenters. The summed E-state index contributed by atoms with van der Waals surface area (Å²) in [5.41, 5.74) is 15.1. The molecule has 3 aromatic heterocycles. The van der Waals surface area contributed by atoms with Gasteiger partial charge in [0.15, 0.2) is 0 Å². The molecule has 10 rings (SSSR count). The van der Waals surface area contributed by atoms with Gasteiger partial charge in [-0.2, -0.15) is 0 Å². The Morgan fingerprint density at radius 3 is 1.65 bits per heavy atom. The number of nitrogens with zero attached hydrogens (tertiary/aromatic N) is 2. The van der Waals surface area contributed by atoms with Crippen LogP contribution in [0.3, 0.4) is 0 Å². The lowest BCUT2D eigenvalue weighted by atomic mass is 9.92.